The number of hydrogen-bond donors (Lipinski definition) is 0. The Kier molecular flexibility index (Phi) is 3.12. The molecule has 2 aromatic rings. The SMILES string of the molecule is O=C(Cl)c1cnc(-c2cccnc2)nc1Cl. The van der Waals surface area contributed by atoms with Crippen molar-refractivity contribution in [1.82, 2.24) is 15.0 Å². The number of hydrogen-bond acceptors (Lipinski definition) is 4. The number of carbonyl (C=O) groups excluding carboxylic acids is 1. The number of aromatic nitrogens is 3. The van der Waals surface area contributed by atoms with Crippen LogP contribution in [0.5, 0.6) is 0 Å². The van der Waals surface area contributed by atoms with Crippen molar-refractivity contribution in [2.45, 2.75) is 0 Å². The first-order valence-electron chi connectivity index (χ1n) is 4.31. The van der Waals surface area contributed by atoms with Gasteiger partial charge in [-0.1, -0.05) is 11.6 Å². The van der Waals surface area contributed by atoms with E-state index in [0.29, 0.717) is 5.82 Å². The number of pyridine rings is 1. The van der Waals surface area contributed by atoms with Crippen LogP contribution in [0.15, 0.2) is 30.7 Å². The van der Waals surface area contributed by atoms with Crippen LogP contribution in [0.25, 0.3) is 11.4 Å². The van der Waals surface area contributed by atoms with Crippen molar-refractivity contribution < 1.29 is 4.79 Å². The van der Waals surface area contributed by atoms with Crippen LogP contribution in [-0.2, 0) is 0 Å². The van der Waals surface area contributed by atoms with Crippen LogP contribution in [0.3, 0.4) is 0 Å². The Bertz CT molecular complexity index is 531. The molecule has 0 aliphatic rings. The molecule has 0 N–H and O–H groups in total. The fraction of sp³-hybridized carbons (Fsp3) is 0. The van der Waals surface area contributed by atoms with Gasteiger partial charge < -0.3 is 0 Å². The average Bonchev–Trinajstić information content (AvgIpc) is 2.29. The third-order valence-electron chi connectivity index (χ3n) is 1.87. The van der Waals surface area contributed by atoms with Crippen molar-refractivity contribution in [2.24, 2.45) is 0 Å². The Morgan fingerprint density at radius 3 is 2.69 bits per heavy atom. The molecule has 0 unspecified atom stereocenters. The molecule has 0 bridgehead atoms. The van der Waals surface area contributed by atoms with Crippen molar-refractivity contribution in [3.8, 4) is 11.4 Å². The zero-order chi connectivity index (χ0) is 11.5. The van der Waals surface area contributed by atoms with Crippen molar-refractivity contribution in [1.29, 1.82) is 0 Å². The third kappa shape index (κ3) is 2.18. The maximum Gasteiger partial charge on any atom is 0.257 e. The van der Waals surface area contributed by atoms with E-state index in [1.165, 1.54) is 6.20 Å². The van der Waals surface area contributed by atoms with Gasteiger partial charge in [0.15, 0.2) is 5.82 Å². The van der Waals surface area contributed by atoms with E-state index in [4.69, 9.17) is 23.2 Å². The Balaban J connectivity index is 2.46. The first-order chi connectivity index (χ1) is 7.68. The highest BCUT2D eigenvalue weighted by Gasteiger charge is 2.11. The topological polar surface area (TPSA) is 55.7 Å². The minimum Gasteiger partial charge on any atom is -0.275 e. The third-order valence-corrected chi connectivity index (χ3v) is 2.37. The summed E-state index contributed by atoms with van der Waals surface area (Å²) in [5.74, 6) is 0.403. The van der Waals surface area contributed by atoms with Gasteiger partial charge in [-0.25, -0.2) is 9.97 Å². The molecule has 0 saturated heterocycles. The molecule has 16 heavy (non-hydrogen) atoms. The van der Waals surface area contributed by atoms with E-state index < -0.39 is 5.24 Å². The molecule has 0 saturated carbocycles. The Labute approximate surface area is 101 Å². The van der Waals surface area contributed by atoms with Crippen LogP contribution in [-0.4, -0.2) is 20.2 Å². The van der Waals surface area contributed by atoms with Crippen LogP contribution >= 0.6 is 23.2 Å². The summed E-state index contributed by atoms with van der Waals surface area (Å²) in [5, 5.41) is -0.642. The highest BCUT2D eigenvalue weighted by atomic mass is 35.5. The molecule has 0 aliphatic heterocycles. The van der Waals surface area contributed by atoms with Crippen molar-refractivity contribution >= 4 is 28.4 Å². The second-order valence-corrected chi connectivity index (χ2v) is 3.61. The highest BCUT2D eigenvalue weighted by Crippen LogP contribution is 2.19. The fourth-order valence-corrected chi connectivity index (χ4v) is 1.53. The van der Waals surface area contributed by atoms with E-state index >= 15 is 0 Å². The molecule has 0 amide bonds. The lowest BCUT2D eigenvalue weighted by Gasteiger charge is -2.01. The monoisotopic (exact) mass is 253 g/mol. The zero-order valence-corrected chi connectivity index (χ0v) is 9.40. The van der Waals surface area contributed by atoms with Gasteiger partial charge in [0.2, 0.25) is 0 Å². The molecule has 0 spiro atoms. The minimum absolute atomic E-state index is 0.0360. The van der Waals surface area contributed by atoms with E-state index in [1.54, 1.807) is 24.5 Å². The first-order valence-corrected chi connectivity index (χ1v) is 5.07. The quantitative estimate of drug-likeness (QED) is 0.610. The summed E-state index contributed by atoms with van der Waals surface area (Å²) < 4.78 is 0. The van der Waals surface area contributed by atoms with Crippen LogP contribution in [0.1, 0.15) is 10.4 Å². The van der Waals surface area contributed by atoms with Gasteiger partial charge in [-0.3, -0.25) is 9.78 Å². The maximum atomic E-state index is 10.9. The van der Waals surface area contributed by atoms with Gasteiger partial charge in [-0.15, -0.1) is 0 Å². The maximum absolute atomic E-state index is 10.9. The molecule has 0 fully saturated rings. The van der Waals surface area contributed by atoms with Gasteiger partial charge in [-0.05, 0) is 23.7 Å². The molecule has 0 aliphatic carbocycles. The predicted octanol–water partition coefficient (Wildman–Crippen LogP) is 2.57. The zero-order valence-electron chi connectivity index (χ0n) is 7.89. The van der Waals surface area contributed by atoms with Gasteiger partial charge in [0.05, 0.1) is 5.56 Å². The molecule has 4 nitrogen and oxygen atoms in total. The standard InChI is InChI=1S/C10H5Cl2N3O/c11-8-7(9(12)16)5-14-10(15-8)6-2-1-3-13-4-6/h1-5H. The lowest BCUT2D eigenvalue weighted by molar-refractivity contribution is 0.108. The Morgan fingerprint density at radius 1 is 1.31 bits per heavy atom. The van der Waals surface area contributed by atoms with Gasteiger partial charge >= 0.3 is 0 Å². The van der Waals surface area contributed by atoms with E-state index in [2.05, 4.69) is 15.0 Å². The fourth-order valence-electron chi connectivity index (χ4n) is 1.13. The summed E-state index contributed by atoms with van der Waals surface area (Å²) in [5.41, 5.74) is 0.814. The summed E-state index contributed by atoms with van der Waals surface area (Å²) in [4.78, 5) is 22.8. The molecule has 2 heterocycles. The van der Waals surface area contributed by atoms with Gasteiger partial charge in [0.1, 0.15) is 5.15 Å². The summed E-state index contributed by atoms with van der Waals surface area (Å²) in [6.07, 6.45) is 4.54. The van der Waals surface area contributed by atoms with Crippen molar-refractivity contribution in [2.75, 3.05) is 0 Å². The first kappa shape index (κ1) is 11.0. The number of nitrogens with zero attached hydrogens (tertiary/aromatic N) is 3. The second-order valence-electron chi connectivity index (χ2n) is 2.91. The Morgan fingerprint density at radius 2 is 2.12 bits per heavy atom. The number of carbonyl (C=O) groups is 1. The Hall–Kier alpha value is -1.52. The summed E-state index contributed by atoms with van der Waals surface area (Å²) in [6, 6.07) is 3.55. The summed E-state index contributed by atoms with van der Waals surface area (Å²) in [6.45, 7) is 0. The van der Waals surface area contributed by atoms with Crippen LogP contribution in [0.4, 0.5) is 0 Å². The van der Waals surface area contributed by atoms with Crippen LogP contribution in [0.2, 0.25) is 5.15 Å². The van der Waals surface area contributed by atoms with Crippen LogP contribution < -0.4 is 0 Å². The molecular formula is C10H5Cl2N3O. The van der Waals surface area contributed by atoms with Crippen LogP contribution in [0, 0.1) is 0 Å². The molecule has 0 radical (unpaired) electrons. The summed E-state index contributed by atoms with van der Waals surface area (Å²) >= 11 is 11.1. The lowest BCUT2D eigenvalue weighted by atomic mass is 10.2. The highest BCUT2D eigenvalue weighted by molar-refractivity contribution is 6.68. The molecular weight excluding hydrogens is 249 g/mol. The largest absolute Gasteiger partial charge is 0.275 e. The normalized spacial score (nSPS) is 10.1. The molecule has 80 valence electrons. The molecule has 6 heteroatoms. The summed E-state index contributed by atoms with van der Waals surface area (Å²) in [7, 11) is 0. The van der Waals surface area contributed by atoms with Crippen molar-refractivity contribution in [3.05, 3.63) is 41.4 Å². The molecule has 2 aromatic heterocycles. The van der Waals surface area contributed by atoms with E-state index in [1.807, 2.05) is 0 Å². The minimum atomic E-state index is -0.678. The van der Waals surface area contributed by atoms with E-state index in [0.717, 1.165) is 5.56 Å². The van der Waals surface area contributed by atoms with Gasteiger partial charge in [0.25, 0.3) is 5.24 Å². The van der Waals surface area contributed by atoms with E-state index in [9.17, 15) is 4.79 Å². The number of halogens is 2. The number of rotatable bonds is 2. The second kappa shape index (κ2) is 4.55. The van der Waals surface area contributed by atoms with E-state index in [-0.39, 0.29) is 10.7 Å². The molecule has 2 rings (SSSR count). The van der Waals surface area contributed by atoms with Gasteiger partial charge in [-0.2, -0.15) is 0 Å². The van der Waals surface area contributed by atoms with Gasteiger partial charge in [0, 0.05) is 24.2 Å². The molecule has 0 atom stereocenters. The smallest absolute Gasteiger partial charge is 0.257 e. The molecule has 0 aromatic carbocycles. The van der Waals surface area contributed by atoms with Crippen molar-refractivity contribution in [3.63, 3.8) is 0 Å². The average molecular weight is 254 g/mol. The predicted molar refractivity (Wildman–Crippen MR) is 60.5 cm³/mol. The lowest BCUT2D eigenvalue weighted by Crippen LogP contribution is -1.97.